The van der Waals surface area contributed by atoms with Crippen molar-refractivity contribution in [3.05, 3.63) is 24.3 Å². The maximum atomic E-state index is 11.6. The molecule has 0 aromatic heterocycles. The molecule has 0 spiro atoms. The third kappa shape index (κ3) is 4.65. The molecule has 1 rings (SSSR count). The summed E-state index contributed by atoms with van der Waals surface area (Å²) in [6, 6.07) is 7.46. The molecule has 1 N–H and O–H groups in total. The first-order chi connectivity index (χ1) is 8.67. The molecule has 0 aliphatic heterocycles. The van der Waals surface area contributed by atoms with Crippen molar-refractivity contribution >= 4 is 5.91 Å². The highest BCUT2D eigenvalue weighted by atomic mass is 16.5. The lowest BCUT2D eigenvalue weighted by Crippen LogP contribution is -2.35. The largest absolute Gasteiger partial charge is 0.493 e. The van der Waals surface area contributed by atoms with Crippen molar-refractivity contribution in [2.45, 2.75) is 32.7 Å². The number of rotatable bonds is 7. The number of carbonyl (C=O) groups excluding carboxylic acids is 1. The Hall–Kier alpha value is -1.71. The molecule has 0 unspecified atom stereocenters. The fourth-order valence-electron chi connectivity index (χ4n) is 1.70. The molecule has 1 amide bonds. The normalized spacial score (nSPS) is 11.7. The van der Waals surface area contributed by atoms with Gasteiger partial charge in [-0.25, -0.2) is 0 Å². The van der Waals surface area contributed by atoms with Crippen molar-refractivity contribution in [2.75, 3.05) is 13.7 Å². The molecule has 0 radical (unpaired) electrons. The van der Waals surface area contributed by atoms with Gasteiger partial charge in [0, 0.05) is 6.04 Å². The Morgan fingerprint density at radius 1 is 1.33 bits per heavy atom. The summed E-state index contributed by atoms with van der Waals surface area (Å²) in [6.45, 7) is 4.09. The Morgan fingerprint density at radius 3 is 2.61 bits per heavy atom. The Morgan fingerprint density at radius 2 is 2.00 bits per heavy atom. The molecular weight excluding hydrogens is 230 g/mol. The van der Waals surface area contributed by atoms with E-state index in [-0.39, 0.29) is 18.6 Å². The summed E-state index contributed by atoms with van der Waals surface area (Å²) < 4.78 is 10.6. The van der Waals surface area contributed by atoms with Gasteiger partial charge in [0.2, 0.25) is 0 Å². The molecule has 0 heterocycles. The lowest BCUT2D eigenvalue weighted by molar-refractivity contribution is -0.123. The second-order valence-electron chi connectivity index (χ2n) is 4.20. The Bertz CT molecular complexity index is 379. The number of nitrogens with one attached hydrogen (secondary N) is 1. The molecule has 1 aromatic rings. The Labute approximate surface area is 108 Å². The van der Waals surface area contributed by atoms with E-state index in [0.717, 1.165) is 12.8 Å². The summed E-state index contributed by atoms with van der Waals surface area (Å²) in [5.41, 5.74) is 0. The molecule has 0 aliphatic carbocycles. The monoisotopic (exact) mass is 251 g/mol. The number of para-hydroxylation sites is 2. The van der Waals surface area contributed by atoms with E-state index in [0.29, 0.717) is 11.5 Å². The van der Waals surface area contributed by atoms with E-state index in [9.17, 15) is 4.79 Å². The smallest absolute Gasteiger partial charge is 0.258 e. The van der Waals surface area contributed by atoms with Crippen LogP contribution in [0.5, 0.6) is 11.5 Å². The number of benzene rings is 1. The zero-order valence-electron chi connectivity index (χ0n) is 11.2. The zero-order chi connectivity index (χ0) is 13.4. The second-order valence-corrected chi connectivity index (χ2v) is 4.20. The van der Waals surface area contributed by atoms with Crippen LogP contribution in [0.2, 0.25) is 0 Å². The molecule has 18 heavy (non-hydrogen) atoms. The van der Waals surface area contributed by atoms with Gasteiger partial charge in [-0.3, -0.25) is 4.79 Å². The maximum absolute atomic E-state index is 11.6. The van der Waals surface area contributed by atoms with Gasteiger partial charge in [0.15, 0.2) is 18.1 Å². The first-order valence-corrected chi connectivity index (χ1v) is 6.22. The van der Waals surface area contributed by atoms with E-state index < -0.39 is 0 Å². The molecule has 0 saturated heterocycles. The summed E-state index contributed by atoms with van der Waals surface area (Å²) in [5, 5.41) is 2.88. The number of amides is 1. The Balaban J connectivity index is 2.42. The molecule has 100 valence electrons. The predicted molar refractivity (Wildman–Crippen MR) is 71.0 cm³/mol. The number of ether oxygens (including phenoxy) is 2. The predicted octanol–water partition coefficient (Wildman–Crippen LogP) is 2.38. The fraction of sp³-hybridized carbons (Fsp3) is 0.500. The standard InChI is InChI=1S/C14H21NO3/c1-4-7-11(2)15-14(16)10-18-13-9-6-5-8-12(13)17-3/h5-6,8-9,11H,4,7,10H2,1-3H3,(H,15,16)/t11-/m0/s1. The second kappa shape index (κ2) is 7.58. The molecule has 4 heteroatoms. The average Bonchev–Trinajstić information content (AvgIpc) is 2.37. The van der Waals surface area contributed by atoms with Crippen LogP contribution in [0.3, 0.4) is 0 Å². The van der Waals surface area contributed by atoms with Crippen molar-refractivity contribution in [3.8, 4) is 11.5 Å². The summed E-state index contributed by atoms with van der Waals surface area (Å²) in [7, 11) is 1.57. The average molecular weight is 251 g/mol. The van der Waals surface area contributed by atoms with E-state index in [1.165, 1.54) is 0 Å². The summed E-state index contributed by atoms with van der Waals surface area (Å²) >= 11 is 0. The summed E-state index contributed by atoms with van der Waals surface area (Å²) in [5.74, 6) is 1.10. The number of hydrogen-bond donors (Lipinski definition) is 1. The van der Waals surface area contributed by atoms with Gasteiger partial charge >= 0.3 is 0 Å². The number of methoxy groups -OCH3 is 1. The van der Waals surface area contributed by atoms with Gasteiger partial charge in [-0.2, -0.15) is 0 Å². The topological polar surface area (TPSA) is 47.6 Å². The minimum atomic E-state index is -0.109. The molecule has 0 fully saturated rings. The van der Waals surface area contributed by atoms with Crippen LogP contribution in [0, 0.1) is 0 Å². The van der Waals surface area contributed by atoms with E-state index in [1.807, 2.05) is 19.1 Å². The lowest BCUT2D eigenvalue weighted by Gasteiger charge is -2.14. The first kappa shape index (κ1) is 14.4. The van der Waals surface area contributed by atoms with Crippen LogP contribution in [-0.4, -0.2) is 25.7 Å². The van der Waals surface area contributed by atoms with Crippen molar-refractivity contribution in [1.82, 2.24) is 5.32 Å². The van der Waals surface area contributed by atoms with Crippen LogP contribution in [-0.2, 0) is 4.79 Å². The number of carbonyl (C=O) groups is 1. The molecule has 0 saturated carbocycles. The first-order valence-electron chi connectivity index (χ1n) is 6.22. The highest BCUT2D eigenvalue weighted by Gasteiger charge is 2.09. The highest BCUT2D eigenvalue weighted by Crippen LogP contribution is 2.25. The van der Waals surface area contributed by atoms with Crippen LogP contribution in [0.25, 0.3) is 0 Å². The summed E-state index contributed by atoms with van der Waals surface area (Å²) in [4.78, 5) is 11.6. The lowest BCUT2D eigenvalue weighted by atomic mass is 10.2. The SMILES string of the molecule is CCC[C@H](C)NC(=O)COc1ccccc1OC. The maximum Gasteiger partial charge on any atom is 0.258 e. The van der Waals surface area contributed by atoms with Gasteiger partial charge in [0.25, 0.3) is 5.91 Å². The number of hydrogen-bond acceptors (Lipinski definition) is 3. The van der Waals surface area contributed by atoms with Crippen molar-refractivity contribution in [3.63, 3.8) is 0 Å². The van der Waals surface area contributed by atoms with Gasteiger partial charge in [-0.1, -0.05) is 25.5 Å². The minimum absolute atomic E-state index is 0.00836. The van der Waals surface area contributed by atoms with Gasteiger partial charge in [0.1, 0.15) is 0 Å². The fourth-order valence-corrected chi connectivity index (χ4v) is 1.70. The molecule has 1 aromatic carbocycles. The van der Waals surface area contributed by atoms with E-state index in [1.54, 1.807) is 19.2 Å². The van der Waals surface area contributed by atoms with Crippen molar-refractivity contribution < 1.29 is 14.3 Å². The zero-order valence-corrected chi connectivity index (χ0v) is 11.2. The quantitative estimate of drug-likeness (QED) is 0.809. The van der Waals surface area contributed by atoms with E-state index >= 15 is 0 Å². The van der Waals surface area contributed by atoms with E-state index in [4.69, 9.17) is 9.47 Å². The summed E-state index contributed by atoms with van der Waals surface area (Å²) in [6.07, 6.45) is 2.02. The molecule has 1 atom stereocenters. The van der Waals surface area contributed by atoms with Crippen LogP contribution in [0.4, 0.5) is 0 Å². The third-order valence-electron chi connectivity index (χ3n) is 2.56. The van der Waals surface area contributed by atoms with Gasteiger partial charge in [-0.05, 0) is 25.5 Å². The molecule has 4 nitrogen and oxygen atoms in total. The molecular formula is C14H21NO3. The third-order valence-corrected chi connectivity index (χ3v) is 2.56. The van der Waals surface area contributed by atoms with Gasteiger partial charge in [-0.15, -0.1) is 0 Å². The van der Waals surface area contributed by atoms with Gasteiger partial charge < -0.3 is 14.8 Å². The van der Waals surface area contributed by atoms with Gasteiger partial charge in [0.05, 0.1) is 7.11 Å². The van der Waals surface area contributed by atoms with Crippen molar-refractivity contribution in [2.24, 2.45) is 0 Å². The van der Waals surface area contributed by atoms with E-state index in [2.05, 4.69) is 12.2 Å². The van der Waals surface area contributed by atoms with Crippen LogP contribution < -0.4 is 14.8 Å². The highest BCUT2D eigenvalue weighted by molar-refractivity contribution is 5.77. The molecule has 0 aliphatic rings. The Kier molecular flexibility index (Phi) is 6.05. The van der Waals surface area contributed by atoms with Crippen LogP contribution >= 0.6 is 0 Å². The van der Waals surface area contributed by atoms with Crippen LogP contribution in [0.15, 0.2) is 24.3 Å². The van der Waals surface area contributed by atoms with Crippen LogP contribution in [0.1, 0.15) is 26.7 Å². The molecule has 0 bridgehead atoms. The van der Waals surface area contributed by atoms with Crippen molar-refractivity contribution in [1.29, 1.82) is 0 Å². The minimum Gasteiger partial charge on any atom is -0.493 e.